The van der Waals surface area contributed by atoms with Crippen LogP contribution in [0.4, 0.5) is 17.1 Å². The summed E-state index contributed by atoms with van der Waals surface area (Å²) in [5.41, 5.74) is 7.58. The van der Waals surface area contributed by atoms with Gasteiger partial charge in [0.15, 0.2) is 5.65 Å². The fraction of sp³-hybridized carbons (Fsp3) is 0.190. The van der Waals surface area contributed by atoms with E-state index in [2.05, 4.69) is 68.1 Å². The molecule has 2 heterocycles. The number of aromatic nitrogens is 4. The van der Waals surface area contributed by atoms with Gasteiger partial charge < -0.3 is 15.0 Å². The second kappa shape index (κ2) is 8.31. The van der Waals surface area contributed by atoms with Crippen LogP contribution in [0.5, 0.6) is 0 Å². The minimum absolute atomic E-state index is 0.732. The van der Waals surface area contributed by atoms with Gasteiger partial charge in [-0.15, -0.1) is 0 Å². The Balaban J connectivity index is 1.68. The first kappa shape index (κ1) is 18.3. The molecule has 0 aliphatic rings. The van der Waals surface area contributed by atoms with E-state index in [4.69, 9.17) is 0 Å². The quantitative estimate of drug-likeness (QED) is 0.284. The SMILES string of the molecule is CCCSNc1ccc(C)c(Nc2ccccc2-c2ncnc3[nH]cnc23)c1. The summed E-state index contributed by atoms with van der Waals surface area (Å²) in [6.45, 7) is 4.28. The van der Waals surface area contributed by atoms with Crippen LogP contribution < -0.4 is 10.0 Å². The van der Waals surface area contributed by atoms with Crippen LogP contribution in [0.2, 0.25) is 0 Å². The molecule has 28 heavy (non-hydrogen) atoms. The largest absolute Gasteiger partial charge is 0.355 e. The van der Waals surface area contributed by atoms with Crippen molar-refractivity contribution in [2.75, 3.05) is 15.8 Å². The first-order chi connectivity index (χ1) is 13.8. The highest BCUT2D eigenvalue weighted by Gasteiger charge is 2.13. The van der Waals surface area contributed by atoms with Crippen LogP contribution in [0.25, 0.3) is 22.4 Å². The van der Waals surface area contributed by atoms with Gasteiger partial charge in [-0.1, -0.05) is 43.1 Å². The van der Waals surface area contributed by atoms with Gasteiger partial charge in [-0.2, -0.15) is 0 Å². The van der Waals surface area contributed by atoms with Gasteiger partial charge in [0.1, 0.15) is 17.5 Å². The third-order valence-corrected chi connectivity index (χ3v) is 5.39. The monoisotopic (exact) mass is 390 g/mol. The molecule has 0 atom stereocenters. The first-order valence-electron chi connectivity index (χ1n) is 9.25. The molecule has 4 aromatic rings. The zero-order valence-electron chi connectivity index (χ0n) is 15.9. The maximum Gasteiger partial charge on any atom is 0.161 e. The third kappa shape index (κ3) is 3.80. The Kier molecular flexibility index (Phi) is 5.43. The molecule has 0 aliphatic carbocycles. The fourth-order valence-electron chi connectivity index (χ4n) is 2.96. The summed E-state index contributed by atoms with van der Waals surface area (Å²) < 4.78 is 3.41. The minimum atomic E-state index is 0.732. The second-order valence-corrected chi connectivity index (χ2v) is 7.37. The van der Waals surface area contributed by atoms with E-state index in [0.29, 0.717) is 0 Å². The van der Waals surface area contributed by atoms with Crippen molar-refractivity contribution in [1.29, 1.82) is 0 Å². The number of aryl methyl sites for hydroxylation is 1. The Bertz CT molecular complexity index is 1090. The molecule has 0 unspecified atom stereocenters. The number of H-pyrrole nitrogens is 1. The number of hydrogen-bond acceptors (Lipinski definition) is 6. The molecule has 4 rings (SSSR count). The van der Waals surface area contributed by atoms with Crippen molar-refractivity contribution in [3.8, 4) is 11.3 Å². The number of anilines is 3. The van der Waals surface area contributed by atoms with Crippen molar-refractivity contribution >= 4 is 40.2 Å². The van der Waals surface area contributed by atoms with Crippen LogP contribution in [0.1, 0.15) is 18.9 Å². The molecule has 0 saturated carbocycles. The highest BCUT2D eigenvalue weighted by atomic mass is 32.2. The summed E-state index contributed by atoms with van der Waals surface area (Å²) in [7, 11) is 0. The van der Waals surface area contributed by atoms with E-state index in [1.165, 1.54) is 5.56 Å². The van der Waals surface area contributed by atoms with Crippen LogP contribution in [0.15, 0.2) is 55.1 Å². The molecule has 0 fully saturated rings. The second-order valence-electron chi connectivity index (χ2n) is 6.47. The van der Waals surface area contributed by atoms with Crippen LogP contribution in [0, 0.1) is 6.92 Å². The number of rotatable bonds is 7. The van der Waals surface area contributed by atoms with Crippen molar-refractivity contribution in [1.82, 2.24) is 19.9 Å². The van der Waals surface area contributed by atoms with Gasteiger partial charge in [-0.05, 0) is 37.1 Å². The van der Waals surface area contributed by atoms with E-state index in [0.717, 1.165) is 51.7 Å². The Morgan fingerprint density at radius 3 is 2.82 bits per heavy atom. The van der Waals surface area contributed by atoms with E-state index in [1.807, 2.05) is 18.2 Å². The zero-order valence-corrected chi connectivity index (χ0v) is 16.7. The molecule has 2 aromatic carbocycles. The summed E-state index contributed by atoms with van der Waals surface area (Å²) in [6.07, 6.45) is 4.35. The number of nitrogens with one attached hydrogen (secondary N) is 3. The van der Waals surface area contributed by atoms with Gasteiger partial charge in [-0.25, -0.2) is 15.0 Å². The van der Waals surface area contributed by atoms with Crippen LogP contribution in [0.3, 0.4) is 0 Å². The Labute approximate surface area is 168 Å². The highest BCUT2D eigenvalue weighted by molar-refractivity contribution is 8.00. The lowest BCUT2D eigenvalue weighted by Crippen LogP contribution is -1.98. The number of imidazole rings is 1. The Morgan fingerprint density at radius 1 is 1.04 bits per heavy atom. The van der Waals surface area contributed by atoms with Crippen molar-refractivity contribution in [2.24, 2.45) is 0 Å². The molecule has 0 saturated heterocycles. The predicted octanol–water partition coefficient (Wildman–Crippen LogP) is 5.54. The molecule has 3 N–H and O–H groups in total. The summed E-state index contributed by atoms with van der Waals surface area (Å²) in [5, 5.41) is 3.58. The number of aromatic amines is 1. The van der Waals surface area contributed by atoms with Gasteiger partial charge in [-0.3, -0.25) is 0 Å². The topological polar surface area (TPSA) is 78.5 Å². The summed E-state index contributed by atoms with van der Waals surface area (Å²) >= 11 is 1.72. The first-order valence-corrected chi connectivity index (χ1v) is 10.2. The smallest absolute Gasteiger partial charge is 0.161 e. The molecule has 7 heteroatoms. The number of para-hydroxylation sites is 1. The van der Waals surface area contributed by atoms with Crippen LogP contribution in [-0.2, 0) is 0 Å². The van der Waals surface area contributed by atoms with Gasteiger partial charge in [0.2, 0.25) is 0 Å². The third-order valence-electron chi connectivity index (χ3n) is 4.40. The number of nitrogens with zero attached hydrogens (tertiary/aromatic N) is 3. The standard InChI is InChI=1S/C21H22N6S/c1-3-10-28-27-15-9-8-14(2)18(11-15)26-17-7-5-4-6-16(17)19-20-21(24-12-22-19)25-13-23-20/h4-9,11-13,26-27H,3,10H2,1-2H3,(H,22,23,24,25). The molecule has 0 radical (unpaired) electrons. The number of hydrogen-bond donors (Lipinski definition) is 3. The molecule has 142 valence electrons. The lowest BCUT2D eigenvalue weighted by molar-refractivity contribution is 1.11. The van der Waals surface area contributed by atoms with Crippen molar-refractivity contribution in [3.05, 3.63) is 60.7 Å². The number of fused-ring (bicyclic) bond motifs is 1. The predicted molar refractivity (Wildman–Crippen MR) is 118 cm³/mol. The zero-order chi connectivity index (χ0) is 19.3. The van der Waals surface area contributed by atoms with E-state index >= 15 is 0 Å². The summed E-state index contributed by atoms with van der Waals surface area (Å²) in [5.74, 6) is 1.08. The van der Waals surface area contributed by atoms with Crippen molar-refractivity contribution in [3.63, 3.8) is 0 Å². The molecule has 2 aromatic heterocycles. The fourth-order valence-corrected chi connectivity index (χ4v) is 3.56. The molecule has 0 aliphatic heterocycles. The maximum atomic E-state index is 4.49. The van der Waals surface area contributed by atoms with E-state index < -0.39 is 0 Å². The van der Waals surface area contributed by atoms with Gasteiger partial charge in [0, 0.05) is 28.4 Å². The van der Waals surface area contributed by atoms with E-state index in [1.54, 1.807) is 24.6 Å². The molecular weight excluding hydrogens is 368 g/mol. The van der Waals surface area contributed by atoms with Crippen molar-refractivity contribution < 1.29 is 0 Å². The van der Waals surface area contributed by atoms with Gasteiger partial charge in [0.05, 0.1) is 6.33 Å². The van der Waals surface area contributed by atoms with E-state index in [-0.39, 0.29) is 0 Å². The normalized spacial score (nSPS) is 10.9. The molecule has 0 spiro atoms. The van der Waals surface area contributed by atoms with Gasteiger partial charge in [0.25, 0.3) is 0 Å². The van der Waals surface area contributed by atoms with Gasteiger partial charge >= 0.3 is 0 Å². The average molecular weight is 391 g/mol. The summed E-state index contributed by atoms with van der Waals surface area (Å²) in [6, 6.07) is 14.5. The van der Waals surface area contributed by atoms with Crippen LogP contribution >= 0.6 is 11.9 Å². The summed E-state index contributed by atoms with van der Waals surface area (Å²) in [4.78, 5) is 16.2. The van der Waals surface area contributed by atoms with Crippen molar-refractivity contribution in [2.45, 2.75) is 20.3 Å². The number of benzene rings is 2. The average Bonchev–Trinajstić information content (AvgIpc) is 3.20. The Hall–Kier alpha value is -3.06. The molecule has 0 amide bonds. The lowest BCUT2D eigenvalue weighted by atomic mass is 10.1. The lowest BCUT2D eigenvalue weighted by Gasteiger charge is -2.15. The maximum absolute atomic E-state index is 4.49. The highest BCUT2D eigenvalue weighted by Crippen LogP contribution is 2.33. The molecular formula is C21H22N6S. The Morgan fingerprint density at radius 2 is 1.93 bits per heavy atom. The minimum Gasteiger partial charge on any atom is -0.355 e. The van der Waals surface area contributed by atoms with E-state index in [9.17, 15) is 0 Å². The van der Waals surface area contributed by atoms with Crippen LogP contribution in [-0.4, -0.2) is 25.7 Å². The molecule has 0 bridgehead atoms. The molecule has 6 nitrogen and oxygen atoms in total.